The van der Waals surface area contributed by atoms with E-state index in [-0.39, 0.29) is 6.10 Å². The molecule has 2 aliphatic rings. The minimum atomic E-state index is -0.409. The van der Waals surface area contributed by atoms with E-state index in [1.807, 2.05) is 18.2 Å². The molecular formula is C18H28N2O3. The summed E-state index contributed by atoms with van der Waals surface area (Å²) in [5, 5.41) is 10.4. The summed E-state index contributed by atoms with van der Waals surface area (Å²) in [7, 11) is 2.05. The first-order valence-corrected chi connectivity index (χ1v) is 8.56. The van der Waals surface area contributed by atoms with Crippen LogP contribution >= 0.6 is 0 Å². The molecule has 5 nitrogen and oxygen atoms in total. The summed E-state index contributed by atoms with van der Waals surface area (Å²) in [6.07, 6.45) is 1.67. The number of aliphatic hydroxyl groups is 1. The first-order valence-electron chi connectivity index (χ1n) is 8.56. The number of piperidine rings is 1. The highest BCUT2D eigenvalue weighted by Gasteiger charge is 2.40. The Morgan fingerprint density at radius 3 is 2.74 bits per heavy atom. The summed E-state index contributed by atoms with van der Waals surface area (Å²) >= 11 is 0. The Kier molecular flexibility index (Phi) is 5.67. The maximum atomic E-state index is 10.4. The summed E-state index contributed by atoms with van der Waals surface area (Å²) < 4.78 is 11.6. The van der Waals surface area contributed by atoms with Crippen molar-refractivity contribution in [2.45, 2.75) is 31.3 Å². The summed E-state index contributed by atoms with van der Waals surface area (Å²) in [5.41, 5.74) is 1.27. The number of β-amino-alcohol motifs (C(OH)–C–C–N with tert-alkyl or cyclic N) is 1. The van der Waals surface area contributed by atoms with E-state index in [2.05, 4.69) is 29.0 Å². The molecular weight excluding hydrogens is 292 g/mol. The predicted molar refractivity (Wildman–Crippen MR) is 89.1 cm³/mol. The number of rotatable bonds is 6. The average molecular weight is 320 g/mol. The monoisotopic (exact) mass is 320 g/mol. The van der Waals surface area contributed by atoms with Crippen molar-refractivity contribution < 1.29 is 14.6 Å². The van der Waals surface area contributed by atoms with Gasteiger partial charge < -0.3 is 14.6 Å². The SMILES string of the molecule is CN(Cc1ccccc1)CC(O)CN1CCCC2(C1)OCCO2. The molecule has 2 saturated heterocycles. The maximum absolute atomic E-state index is 10.4. The van der Waals surface area contributed by atoms with Crippen LogP contribution in [0.1, 0.15) is 18.4 Å². The molecule has 23 heavy (non-hydrogen) atoms. The Hall–Kier alpha value is -0.980. The molecule has 1 aromatic carbocycles. The molecule has 128 valence electrons. The molecule has 1 aromatic rings. The standard InChI is InChI=1S/C18H28N2O3/c1-19(12-16-6-3-2-4-7-16)13-17(21)14-20-9-5-8-18(15-20)22-10-11-23-18/h2-4,6-7,17,21H,5,8-15H2,1H3. The van der Waals surface area contributed by atoms with E-state index in [0.717, 1.165) is 32.5 Å². The highest BCUT2D eigenvalue weighted by Crippen LogP contribution is 2.30. The van der Waals surface area contributed by atoms with Crippen LogP contribution in [0.25, 0.3) is 0 Å². The fourth-order valence-corrected chi connectivity index (χ4v) is 3.63. The minimum Gasteiger partial charge on any atom is -0.390 e. The number of aliphatic hydroxyl groups excluding tert-OH is 1. The van der Waals surface area contributed by atoms with Crippen LogP contribution in [0.15, 0.2) is 30.3 Å². The van der Waals surface area contributed by atoms with Gasteiger partial charge in [-0.3, -0.25) is 9.80 Å². The summed E-state index contributed by atoms with van der Waals surface area (Å²) in [4.78, 5) is 4.44. The fraction of sp³-hybridized carbons (Fsp3) is 0.667. The Bertz CT molecular complexity index is 476. The molecule has 2 aliphatic heterocycles. The molecule has 0 bridgehead atoms. The third-order valence-corrected chi connectivity index (χ3v) is 4.60. The molecule has 1 atom stereocenters. The van der Waals surface area contributed by atoms with Crippen LogP contribution < -0.4 is 0 Å². The summed E-state index contributed by atoms with van der Waals surface area (Å²) in [6, 6.07) is 10.4. The Morgan fingerprint density at radius 2 is 2.00 bits per heavy atom. The quantitative estimate of drug-likeness (QED) is 0.856. The van der Waals surface area contributed by atoms with Gasteiger partial charge in [-0.15, -0.1) is 0 Å². The third-order valence-electron chi connectivity index (χ3n) is 4.60. The lowest BCUT2D eigenvalue weighted by molar-refractivity contribution is -0.191. The van der Waals surface area contributed by atoms with Crippen molar-refractivity contribution in [3.63, 3.8) is 0 Å². The van der Waals surface area contributed by atoms with E-state index in [1.165, 1.54) is 5.56 Å². The van der Waals surface area contributed by atoms with Crippen molar-refractivity contribution in [2.24, 2.45) is 0 Å². The van der Waals surface area contributed by atoms with Crippen LogP contribution in [0, 0.1) is 0 Å². The Labute approximate surface area is 138 Å². The van der Waals surface area contributed by atoms with Crippen molar-refractivity contribution in [3.8, 4) is 0 Å². The summed E-state index contributed by atoms with van der Waals surface area (Å²) in [5.74, 6) is -0.409. The molecule has 5 heteroatoms. The lowest BCUT2D eigenvalue weighted by Gasteiger charge is -2.39. The molecule has 0 amide bonds. The molecule has 3 rings (SSSR count). The van der Waals surface area contributed by atoms with Crippen molar-refractivity contribution >= 4 is 0 Å². The van der Waals surface area contributed by atoms with Gasteiger partial charge >= 0.3 is 0 Å². The van der Waals surface area contributed by atoms with Gasteiger partial charge in [-0.2, -0.15) is 0 Å². The molecule has 0 saturated carbocycles. The van der Waals surface area contributed by atoms with E-state index in [9.17, 15) is 5.11 Å². The highest BCUT2D eigenvalue weighted by molar-refractivity contribution is 5.14. The predicted octanol–water partition coefficient (Wildman–Crippen LogP) is 1.32. The van der Waals surface area contributed by atoms with Crippen molar-refractivity contribution in [1.82, 2.24) is 9.80 Å². The van der Waals surface area contributed by atoms with E-state index in [1.54, 1.807) is 0 Å². The van der Waals surface area contributed by atoms with Crippen LogP contribution in [0.3, 0.4) is 0 Å². The second-order valence-electron chi connectivity index (χ2n) is 6.78. The zero-order chi connectivity index (χ0) is 16.1. The number of benzene rings is 1. The topological polar surface area (TPSA) is 45.2 Å². The number of likely N-dealkylation sites (tertiary alicyclic amines) is 1. The molecule has 2 heterocycles. The number of ether oxygens (including phenoxy) is 2. The molecule has 1 spiro atoms. The van der Waals surface area contributed by atoms with E-state index in [4.69, 9.17) is 9.47 Å². The van der Waals surface area contributed by atoms with Crippen LogP contribution in [0.4, 0.5) is 0 Å². The van der Waals surface area contributed by atoms with Gasteiger partial charge in [0.25, 0.3) is 0 Å². The van der Waals surface area contributed by atoms with Crippen molar-refractivity contribution in [3.05, 3.63) is 35.9 Å². The van der Waals surface area contributed by atoms with Gasteiger partial charge in [0.2, 0.25) is 0 Å². The number of hydrogen-bond donors (Lipinski definition) is 1. The first kappa shape index (κ1) is 16.9. The molecule has 0 aliphatic carbocycles. The van der Waals surface area contributed by atoms with E-state index >= 15 is 0 Å². The van der Waals surface area contributed by atoms with Gasteiger partial charge in [0.1, 0.15) is 0 Å². The molecule has 2 fully saturated rings. The first-order chi connectivity index (χ1) is 11.2. The van der Waals surface area contributed by atoms with Crippen molar-refractivity contribution in [2.75, 3.05) is 46.4 Å². The fourth-order valence-electron chi connectivity index (χ4n) is 3.63. The number of likely N-dealkylation sites (N-methyl/N-ethyl adjacent to an activating group) is 1. The van der Waals surface area contributed by atoms with Gasteiger partial charge in [-0.05, 0) is 25.6 Å². The smallest absolute Gasteiger partial charge is 0.181 e. The zero-order valence-corrected chi connectivity index (χ0v) is 14.0. The second kappa shape index (κ2) is 7.73. The highest BCUT2D eigenvalue weighted by atomic mass is 16.7. The third kappa shape index (κ3) is 4.75. The Morgan fingerprint density at radius 1 is 1.26 bits per heavy atom. The van der Waals surface area contributed by atoms with Gasteiger partial charge in [0.15, 0.2) is 5.79 Å². The lowest BCUT2D eigenvalue weighted by atomic mass is 10.0. The lowest BCUT2D eigenvalue weighted by Crippen LogP contribution is -2.51. The summed E-state index contributed by atoms with van der Waals surface area (Å²) in [6.45, 7) is 5.36. The molecule has 0 aromatic heterocycles. The van der Waals surface area contributed by atoms with E-state index in [0.29, 0.717) is 26.3 Å². The second-order valence-corrected chi connectivity index (χ2v) is 6.78. The largest absolute Gasteiger partial charge is 0.390 e. The number of nitrogens with zero attached hydrogens (tertiary/aromatic N) is 2. The van der Waals surface area contributed by atoms with Gasteiger partial charge in [0.05, 0.1) is 25.9 Å². The van der Waals surface area contributed by atoms with Gasteiger partial charge in [-0.25, -0.2) is 0 Å². The normalized spacial score (nSPS) is 22.7. The van der Waals surface area contributed by atoms with Gasteiger partial charge in [-0.1, -0.05) is 30.3 Å². The van der Waals surface area contributed by atoms with Crippen molar-refractivity contribution in [1.29, 1.82) is 0 Å². The number of hydrogen-bond acceptors (Lipinski definition) is 5. The van der Waals surface area contributed by atoms with Crippen LogP contribution in [-0.4, -0.2) is 73.2 Å². The van der Waals surface area contributed by atoms with Crippen LogP contribution in [-0.2, 0) is 16.0 Å². The van der Waals surface area contributed by atoms with Crippen LogP contribution in [0.2, 0.25) is 0 Å². The Balaban J connectivity index is 1.44. The molecule has 0 radical (unpaired) electrons. The molecule has 1 N–H and O–H groups in total. The minimum absolute atomic E-state index is 0.361. The van der Waals surface area contributed by atoms with Gasteiger partial charge in [0, 0.05) is 26.1 Å². The van der Waals surface area contributed by atoms with Crippen LogP contribution in [0.5, 0.6) is 0 Å². The zero-order valence-electron chi connectivity index (χ0n) is 14.0. The average Bonchev–Trinajstić information content (AvgIpc) is 2.95. The van der Waals surface area contributed by atoms with E-state index < -0.39 is 5.79 Å². The maximum Gasteiger partial charge on any atom is 0.181 e. The molecule has 1 unspecified atom stereocenters.